The molecule has 0 bridgehead atoms. The molecule has 1 rings (SSSR count). The van der Waals surface area contributed by atoms with Gasteiger partial charge in [0.05, 0.1) is 0 Å². The molecular formula is C14H19BrN2O. The van der Waals surface area contributed by atoms with E-state index in [9.17, 15) is 4.79 Å². The quantitative estimate of drug-likeness (QED) is 0.653. The lowest BCUT2D eigenvalue weighted by atomic mass is 9.91. The van der Waals surface area contributed by atoms with Crippen LogP contribution in [0.2, 0.25) is 0 Å². The normalized spacial score (nSPS) is 12.4. The molecule has 1 amide bonds. The van der Waals surface area contributed by atoms with Gasteiger partial charge in [0.15, 0.2) is 0 Å². The second-order valence-corrected chi connectivity index (χ2v) is 6.21. The number of hydrogen-bond acceptors (Lipinski definition) is 2. The minimum absolute atomic E-state index is 0.0405. The molecule has 1 N–H and O–H groups in total. The molecular weight excluding hydrogens is 292 g/mol. The van der Waals surface area contributed by atoms with E-state index in [0.717, 1.165) is 15.7 Å². The van der Waals surface area contributed by atoms with Gasteiger partial charge in [-0.15, -0.1) is 0 Å². The first-order chi connectivity index (χ1) is 8.21. The first-order valence-corrected chi connectivity index (χ1v) is 6.62. The van der Waals surface area contributed by atoms with E-state index in [-0.39, 0.29) is 11.3 Å². The monoisotopic (exact) mass is 310 g/mol. The van der Waals surface area contributed by atoms with Crippen molar-refractivity contribution < 1.29 is 4.79 Å². The highest BCUT2D eigenvalue weighted by Gasteiger charge is 2.15. The number of rotatable bonds is 2. The highest BCUT2D eigenvalue weighted by Crippen LogP contribution is 2.18. The molecule has 1 aromatic carbocycles. The van der Waals surface area contributed by atoms with Crippen molar-refractivity contribution >= 4 is 27.5 Å². The third-order valence-electron chi connectivity index (χ3n) is 2.84. The van der Waals surface area contributed by atoms with E-state index in [0.29, 0.717) is 5.56 Å². The average Bonchev–Trinajstić information content (AvgIpc) is 2.27. The molecule has 0 saturated carbocycles. The summed E-state index contributed by atoms with van der Waals surface area (Å²) in [5, 5.41) is 4.13. The second kappa shape index (κ2) is 5.65. The van der Waals surface area contributed by atoms with Gasteiger partial charge in [-0.1, -0.05) is 42.8 Å². The number of hydrogen-bond donors (Lipinski definition) is 1. The van der Waals surface area contributed by atoms with Crippen LogP contribution in [0.3, 0.4) is 0 Å². The van der Waals surface area contributed by atoms with Crippen LogP contribution in [-0.4, -0.2) is 11.6 Å². The van der Waals surface area contributed by atoms with Gasteiger partial charge in [-0.2, -0.15) is 5.10 Å². The molecule has 0 aliphatic rings. The Morgan fingerprint density at radius 3 is 2.44 bits per heavy atom. The molecule has 0 saturated heterocycles. The van der Waals surface area contributed by atoms with Gasteiger partial charge in [-0.25, -0.2) is 5.43 Å². The summed E-state index contributed by atoms with van der Waals surface area (Å²) in [5.74, 6) is -0.195. The van der Waals surface area contributed by atoms with E-state index in [1.54, 1.807) is 12.1 Å². The van der Waals surface area contributed by atoms with Crippen molar-refractivity contribution in [1.29, 1.82) is 0 Å². The van der Waals surface area contributed by atoms with Gasteiger partial charge >= 0.3 is 0 Å². The van der Waals surface area contributed by atoms with Crippen LogP contribution in [0.25, 0.3) is 0 Å². The predicted octanol–water partition coefficient (Wildman–Crippen LogP) is 3.91. The van der Waals surface area contributed by atoms with Crippen LogP contribution in [0.15, 0.2) is 27.8 Å². The summed E-state index contributed by atoms with van der Waals surface area (Å²) in [6.07, 6.45) is 0. The summed E-state index contributed by atoms with van der Waals surface area (Å²) >= 11 is 3.41. The second-order valence-electron chi connectivity index (χ2n) is 5.35. The van der Waals surface area contributed by atoms with Gasteiger partial charge in [0, 0.05) is 21.2 Å². The number of halogens is 1. The molecule has 4 heteroatoms. The summed E-state index contributed by atoms with van der Waals surface area (Å²) < 4.78 is 0.923. The highest BCUT2D eigenvalue weighted by atomic mass is 79.9. The lowest BCUT2D eigenvalue weighted by molar-refractivity contribution is 0.0954. The van der Waals surface area contributed by atoms with Crippen molar-refractivity contribution in [3.63, 3.8) is 0 Å². The fourth-order valence-corrected chi connectivity index (χ4v) is 1.48. The van der Waals surface area contributed by atoms with Gasteiger partial charge < -0.3 is 0 Å². The Morgan fingerprint density at radius 1 is 1.33 bits per heavy atom. The summed E-state index contributed by atoms with van der Waals surface area (Å²) in [5.41, 5.74) is 5.12. The van der Waals surface area contributed by atoms with Gasteiger partial charge in [-0.05, 0) is 31.5 Å². The maximum absolute atomic E-state index is 11.9. The lowest BCUT2D eigenvalue weighted by Crippen LogP contribution is -2.24. The van der Waals surface area contributed by atoms with Crippen molar-refractivity contribution in [1.82, 2.24) is 5.43 Å². The molecule has 0 unspecified atom stereocenters. The van der Waals surface area contributed by atoms with Crippen molar-refractivity contribution in [3.05, 3.63) is 33.8 Å². The van der Waals surface area contributed by atoms with E-state index in [1.807, 2.05) is 19.9 Å². The van der Waals surface area contributed by atoms with E-state index in [1.165, 1.54) is 0 Å². The Kier molecular flexibility index (Phi) is 4.68. The number of hydrazone groups is 1. The third kappa shape index (κ3) is 3.95. The van der Waals surface area contributed by atoms with Gasteiger partial charge in [0.25, 0.3) is 5.91 Å². The van der Waals surface area contributed by atoms with E-state index in [2.05, 4.69) is 47.2 Å². The minimum atomic E-state index is -0.195. The Bertz CT molecular complexity index is 487. The van der Waals surface area contributed by atoms with Gasteiger partial charge in [0.1, 0.15) is 0 Å². The first kappa shape index (κ1) is 14.9. The molecule has 0 heterocycles. The van der Waals surface area contributed by atoms with E-state index in [4.69, 9.17) is 0 Å². The van der Waals surface area contributed by atoms with Crippen LogP contribution >= 0.6 is 15.9 Å². The Hall–Kier alpha value is -1.16. The van der Waals surface area contributed by atoms with Crippen molar-refractivity contribution in [2.45, 2.75) is 34.6 Å². The number of benzene rings is 1. The summed E-state index contributed by atoms with van der Waals surface area (Å²) in [4.78, 5) is 11.9. The third-order valence-corrected chi connectivity index (χ3v) is 3.70. The molecule has 0 aliphatic carbocycles. The zero-order valence-corrected chi connectivity index (χ0v) is 13.1. The van der Waals surface area contributed by atoms with Gasteiger partial charge in [-0.3, -0.25) is 4.79 Å². The fraction of sp³-hybridized carbons (Fsp3) is 0.429. The largest absolute Gasteiger partial charge is 0.271 e. The number of nitrogens with one attached hydrogen (secondary N) is 1. The van der Waals surface area contributed by atoms with Crippen molar-refractivity contribution in [2.24, 2.45) is 10.5 Å². The van der Waals surface area contributed by atoms with Gasteiger partial charge in [0.2, 0.25) is 0 Å². The molecule has 1 aromatic rings. The van der Waals surface area contributed by atoms with Crippen LogP contribution in [0.4, 0.5) is 0 Å². The fourth-order valence-electron chi connectivity index (χ4n) is 1.10. The topological polar surface area (TPSA) is 41.5 Å². The molecule has 98 valence electrons. The minimum Gasteiger partial charge on any atom is -0.267 e. The molecule has 0 fully saturated rings. The van der Waals surface area contributed by atoms with E-state index < -0.39 is 0 Å². The number of amides is 1. The zero-order valence-electron chi connectivity index (χ0n) is 11.5. The Balaban J connectivity index is 2.81. The maximum Gasteiger partial charge on any atom is 0.271 e. The van der Waals surface area contributed by atoms with Crippen molar-refractivity contribution in [3.8, 4) is 0 Å². The molecule has 0 spiro atoms. The number of carbonyl (C=O) groups excluding carboxylic acids is 1. The number of nitrogens with zero attached hydrogens (tertiary/aromatic N) is 1. The molecule has 0 atom stereocenters. The molecule has 0 aliphatic heterocycles. The number of aryl methyl sites for hydroxylation is 1. The first-order valence-electron chi connectivity index (χ1n) is 5.83. The standard InChI is InChI=1S/C14H19BrN2O/c1-9-6-7-11(8-12(9)15)13(18)17-16-10(2)14(3,4)5/h6-8H,1-5H3,(H,17,18). The Morgan fingerprint density at radius 2 is 1.94 bits per heavy atom. The maximum atomic E-state index is 11.9. The molecule has 0 radical (unpaired) electrons. The predicted molar refractivity (Wildman–Crippen MR) is 78.9 cm³/mol. The molecule has 18 heavy (non-hydrogen) atoms. The summed E-state index contributed by atoms with van der Waals surface area (Å²) in [6, 6.07) is 5.49. The van der Waals surface area contributed by atoms with Crippen molar-refractivity contribution in [2.75, 3.05) is 0 Å². The highest BCUT2D eigenvalue weighted by molar-refractivity contribution is 9.10. The van der Waals surface area contributed by atoms with Crippen LogP contribution in [-0.2, 0) is 0 Å². The van der Waals surface area contributed by atoms with Crippen LogP contribution in [0.5, 0.6) is 0 Å². The summed E-state index contributed by atoms with van der Waals surface area (Å²) in [7, 11) is 0. The smallest absolute Gasteiger partial charge is 0.267 e. The lowest BCUT2D eigenvalue weighted by Gasteiger charge is -2.17. The van der Waals surface area contributed by atoms with Crippen LogP contribution < -0.4 is 5.43 Å². The van der Waals surface area contributed by atoms with Crippen LogP contribution in [0.1, 0.15) is 43.6 Å². The number of carbonyl (C=O) groups is 1. The Labute approximate surface area is 117 Å². The van der Waals surface area contributed by atoms with Crippen LogP contribution in [0, 0.1) is 12.3 Å². The van der Waals surface area contributed by atoms with E-state index >= 15 is 0 Å². The molecule has 0 aromatic heterocycles. The zero-order chi connectivity index (χ0) is 13.9. The summed E-state index contributed by atoms with van der Waals surface area (Å²) in [6.45, 7) is 10.1. The molecule has 3 nitrogen and oxygen atoms in total. The average molecular weight is 311 g/mol. The SMILES string of the molecule is CC(=NNC(=O)c1ccc(C)c(Br)c1)C(C)(C)C.